The maximum atomic E-state index is 18.1. The molecule has 8 aliphatic rings. The summed E-state index contributed by atoms with van der Waals surface area (Å²) in [6.45, 7) is 8.23. The van der Waals surface area contributed by atoms with Gasteiger partial charge in [0, 0.05) is 39.1 Å². The first-order valence-corrected chi connectivity index (χ1v) is 21.3. The highest BCUT2D eigenvalue weighted by Crippen LogP contribution is 2.72. The van der Waals surface area contributed by atoms with Crippen LogP contribution in [-0.4, -0.2) is 103 Å². The number of esters is 1. The molecule has 0 spiro atoms. The zero-order valence-electron chi connectivity index (χ0n) is 34.7. The van der Waals surface area contributed by atoms with Gasteiger partial charge in [-0.3, -0.25) is 24.0 Å². The second-order valence-corrected chi connectivity index (χ2v) is 20.5. The number of fused-ring (bicyclic) bond motifs is 10. The number of halogens is 2. The van der Waals surface area contributed by atoms with Gasteiger partial charge in [-0.15, -0.1) is 0 Å². The van der Waals surface area contributed by atoms with Gasteiger partial charge in [0.25, 0.3) is 0 Å². The molecule has 0 saturated heterocycles. The summed E-state index contributed by atoms with van der Waals surface area (Å²) in [7, 11) is 0. The van der Waals surface area contributed by atoms with Crippen LogP contribution < -0.4 is 0 Å². The third-order valence-corrected chi connectivity index (χ3v) is 18.3. The summed E-state index contributed by atoms with van der Waals surface area (Å²) < 4.78 is 41.1. The topological polar surface area (TPSA) is 196 Å². The number of carbonyl (C=O) groups is 5. The molecule has 13 heteroatoms. The van der Waals surface area contributed by atoms with Gasteiger partial charge in [-0.25, -0.2) is 8.78 Å². The number of carbonyl (C=O) groups excluding carboxylic acids is 5. The van der Waals surface area contributed by atoms with E-state index in [9.17, 15) is 49.5 Å². The van der Waals surface area contributed by atoms with Crippen molar-refractivity contribution in [1.29, 1.82) is 0 Å². The fraction of sp³-hybridized carbons (Fsp3) is 0.717. The molecule has 0 amide bonds. The zero-order chi connectivity index (χ0) is 43.3. The number of ketones is 4. The van der Waals surface area contributed by atoms with Crippen LogP contribution in [-0.2, 0) is 28.7 Å². The number of ether oxygens (including phenoxy) is 1. The van der Waals surface area contributed by atoms with Gasteiger partial charge in [0.1, 0.15) is 17.8 Å². The standard InChI is InChI=1S/C46H58F2O11/c1-23-13-32-30-10-8-27-17-33(51)25(18-40(27,4)44(30,48)35(53)20-41(32,5)45(23,57)36(54)21-49)15-38(56)59-22-37(55)46(58)24(2)14-31-29-9-7-26-16-28(50)11-12-39(26,3)43(29,47)34(52)19-42(31,46)6/h11-12,16-18,23-24,29-32,34-35,49,52-53,57-58H,7-10,13-15,19-22H2,1-6H3/t23-,24-,29?,30+,31?,32+,34+,35+,39+,40+,41+,42+,43+,44+,45+,46+/m1/s1. The first-order valence-electron chi connectivity index (χ1n) is 21.3. The lowest BCUT2D eigenvalue weighted by atomic mass is 9.44. The van der Waals surface area contributed by atoms with Crippen LogP contribution in [0.1, 0.15) is 99.3 Å². The minimum Gasteiger partial charge on any atom is -0.457 e. The van der Waals surface area contributed by atoms with Crippen LogP contribution in [0.25, 0.3) is 0 Å². The summed E-state index contributed by atoms with van der Waals surface area (Å²) >= 11 is 0. The number of Topliss-reactive ketones (excluding diaryl/α,β-unsaturated/α-hetero) is 2. The molecule has 5 N–H and O–H groups in total. The number of aliphatic hydroxyl groups is 5. The summed E-state index contributed by atoms with van der Waals surface area (Å²) in [5, 5.41) is 57.3. The van der Waals surface area contributed by atoms with Crippen LogP contribution in [0.2, 0.25) is 0 Å². The average molecular weight is 825 g/mol. The predicted octanol–water partition coefficient (Wildman–Crippen LogP) is 4.12. The number of hydrogen-bond donors (Lipinski definition) is 5. The Balaban J connectivity index is 1.00. The molecule has 6 fully saturated rings. The molecule has 8 aliphatic carbocycles. The fourth-order valence-electron chi connectivity index (χ4n) is 15.2. The number of rotatable bonds is 7. The van der Waals surface area contributed by atoms with Gasteiger partial charge in [-0.2, -0.15) is 0 Å². The first-order chi connectivity index (χ1) is 27.4. The van der Waals surface area contributed by atoms with Crippen molar-refractivity contribution in [3.8, 4) is 0 Å². The zero-order valence-corrected chi connectivity index (χ0v) is 34.7. The van der Waals surface area contributed by atoms with E-state index in [0.717, 1.165) is 0 Å². The van der Waals surface area contributed by atoms with Crippen molar-refractivity contribution in [2.45, 2.75) is 134 Å². The average Bonchev–Trinajstić information content (AvgIpc) is 3.50. The Morgan fingerprint density at radius 3 is 1.78 bits per heavy atom. The maximum Gasteiger partial charge on any atom is 0.310 e. The van der Waals surface area contributed by atoms with Crippen molar-refractivity contribution in [1.82, 2.24) is 0 Å². The van der Waals surface area contributed by atoms with Crippen LogP contribution in [0, 0.1) is 57.2 Å². The molecular formula is C46H58F2O11. The lowest BCUT2D eigenvalue weighted by molar-refractivity contribution is -0.220. The summed E-state index contributed by atoms with van der Waals surface area (Å²) in [4.78, 5) is 66.2. The SMILES string of the molecule is C[C@@H]1CC2C3CCC4=CC(=O)C=C[C@]4(C)[C@@]3(F)[C@@H](O)C[C@]2(C)[C@@]1(O)C(=O)COC(=O)CC1=C[C@@]2(C)C(=CC1=O)CC[C@H]1[C@@H]3C[C@@H](C)[C@](O)(C(=O)CO)[C@@]3(C)C[C@H](O)[C@@]12F. The molecule has 11 nitrogen and oxygen atoms in total. The van der Waals surface area contributed by atoms with Gasteiger partial charge in [-0.05, 0) is 107 Å². The van der Waals surface area contributed by atoms with Gasteiger partial charge in [0.05, 0.1) is 18.6 Å². The molecule has 0 radical (unpaired) electrons. The van der Waals surface area contributed by atoms with Crippen molar-refractivity contribution in [3.63, 3.8) is 0 Å². The molecule has 8 rings (SSSR count). The summed E-state index contributed by atoms with van der Waals surface area (Å²) in [6, 6.07) is 0. The van der Waals surface area contributed by atoms with Gasteiger partial charge >= 0.3 is 5.97 Å². The molecule has 59 heavy (non-hydrogen) atoms. The van der Waals surface area contributed by atoms with Crippen molar-refractivity contribution in [2.75, 3.05) is 13.2 Å². The maximum absolute atomic E-state index is 18.1. The normalized spacial score (nSPS) is 50.8. The van der Waals surface area contributed by atoms with Gasteiger partial charge in [0.2, 0.25) is 5.78 Å². The molecule has 0 aliphatic heterocycles. The third-order valence-electron chi connectivity index (χ3n) is 18.3. The Hall–Kier alpha value is -3.23. The largest absolute Gasteiger partial charge is 0.457 e. The van der Waals surface area contributed by atoms with Gasteiger partial charge in [-0.1, -0.05) is 51.0 Å². The van der Waals surface area contributed by atoms with E-state index in [1.807, 2.05) is 0 Å². The van der Waals surface area contributed by atoms with Crippen molar-refractivity contribution >= 4 is 29.1 Å². The second kappa shape index (κ2) is 13.1. The molecule has 16 atom stereocenters. The lowest BCUT2D eigenvalue weighted by Crippen LogP contribution is -2.69. The molecule has 0 aromatic heterocycles. The van der Waals surface area contributed by atoms with E-state index in [4.69, 9.17) is 4.74 Å². The highest BCUT2D eigenvalue weighted by molar-refractivity contribution is 6.08. The smallest absolute Gasteiger partial charge is 0.310 e. The molecule has 0 bridgehead atoms. The molecule has 6 saturated carbocycles. The highest BCUT2D eigenvalue weighted by Gasteiger charge is 2.77. The molecule has 0 aromatic carbocycles. The summed E-state index contributed by atoms with van der Waals surface area (Å²) in [5.74, 6) is -7.31. The van der Waals surface area contributed by atoms with E-state index in [1.54, 1.807) is 41.5 Å². The van der Waals surface area contributed by atoms with E-state index in [0.29, 0.717) is 30.4 Å². The van der Waals surface area contributed by atoms with Crippen LogP contribution >= 0.6 is 0 Å². The second-order valence-electron chi connectivity index (χ2n) is 20.5. The van der Waals surface area contributed by atoms with Crippen molar-refractivity contribution in [2.24, 2.45) is 57.2 Å². The van der Waals surface area contributed by atoms with E-state index < -0.39 is 135 Å². The van der Waals surface area contributed by atoms with E-state index in [1.165, 1.54) is 30.4 Å². The van der Waals surface area contributed by atoms with E-state index >= 15 is 8.78 Å². The number of alkyl halides is 2. The van der Waals surface area contributed by atoms with Crippen LogP contribution in [0.4, 0.5) is 8.78 Å². The molecule has 2 unspecified atom stereocenters. The number of hydrogen-bond acceptors (Lipinski definition) is 11. The summed E-state index contributed by atoms with van der Waals surface area (Å²) in [5.41, 5.74) is -12.9. The summed E-state index contributed by atoms with van der Waals surface area (Å²) in [6.07, 6.45) is 4.36. The Morgan fingerprint density at radius 1 is 0.763 bits per heavy atom. The molecule has 322 valence electrons. The van der Waals surface area contributed by atoms with Crippen molar-refractivity contribution in [3.05, 3.63) is 47.1 Å². The first kappa shape index (κ1) is 42.5. The van der Waals surface area contributed by atoms with Crippen LogP contribution in [0.3, 0.4) is 0 Å². The van der Waals surface area contributed by atoms with E-state index in [-0.39, 0.29) is 43.5 Å². The Bertz CT molecular complexity index is 2060. The molecular weight excluding hydrogens is 766 g/mol. The fourth-order valence-corrected chi connectivity index (χ4v) is 15.2. The van der Waals surface area contributed by atoms with Crippen molar-refractivity contribution < 1.29 is 63.0 Å². The predicted molar refractivity (Wildman–Crippen MR) is 207 cm³/mol. The quantitative estimate of drug-likeness (QED) is 0.232. The van der Waals surface area contributed by atoms with Crippen LogP contribution in [0.15, 0.2) is 47.1 Å². The minimum absolute atomic E-state index is 0.0917. The number of aliphatic hydroxyl groups excluding tert-OH is 3. The monoisotopic (exact) mass is 824 g/mol. The lowest BCUT2D eigenvalue weighted by Gasteiger charge is -2.62. The van der Waals surface area contributed by atoms with Crippen LogP contribution in [0.5, 0.6) is 0 Å². The third kappa shape index (κ3) is 4.99. The minimum atomic E-state index is -2.35. The van der Waals surface area contributed by atoms with Gasteiger partial charge < -0.3 is 30.3 Å². The Labute approximate surface area is 343 Å². The molecule has 0 heterocycles. The van der Waals surface area contributed by atoms with E-state index in [2.05, 4.69) is 0 Å². The molecule has 0 aromatic rings. The highest BCUT2D eigenvalue weighted by atomic mass is 19.1. The van der Waals surface area contributed by atoms with Gasteiger partial charge in [0.15, 0.2) is 35.3 Å². The number of allylic oxidation sites excluding steroid dienone is 7. The Morgan fingerprint density at radius 2 is 1.25 bits per heavy atom. The Kier molecular flexibility index (Phi) is 9.46.